The van der Waals surface area contributed by atoms with Crippen molar-refractivity contribution in [1.29, 1.82) is 0 Å². The van der Waals surface area contributed by atoms with Gasteiger partial charge in [-0.05, 0) is 42.8 Å². The van der Waals surface area contributed by atoms with Gasteiger partial charge in [0.1, 0.15) is 14.6 Å². The van der Waals surface area contributed by atoms with Gasteiger partial charge in [-0.3, -0.25) is 9.69 Å². The lowest BCUT2D eigenvalue weighted by atomic mass is 9.76. The first-order valence-electron chi connectivity index (χ1n) is 8.15. The van der Waals surface area contributed by atoms with Crippen LogP contribution >= 0.6 is 32.9 Å². The summed E-state index contributed by atoms with van der Waals surface area (Å²) in [6.45, 7) is 6.03. The molecule has 6 heteroatoms. The average molecular weight is 402 g/mol. The molecule has 0 unspecified atom stereocenters. The van der Waals surface area contributed by atoms with Crippen LogP contribution in [0.4, 0.5) is 15.1 Å². The Morgan fingerprint density at radius 2 is 1.92 bits per heavy atom. The van der Waals surface area contributed by atoms with Crippen molar-refractivity contribution in [2.75, 3.05) is 4.90 Å². The van der Waals surface area contributed by atoms with Crippen LogP contribution in [0.2, 0.25) is 0 Å². The normalized spacial score (nSPS) is 14.7. The molecular weight excluding hydrogens is 385 g/mol. The maximum atomic E-state index is 14.0. The van der Waals surface area contributed by atoms with Crippen LogP contribution < -0.4 is 4.90 Å². The van der Waals surface area contributed by atoms with Crippen molar-refractivity contribution in [2.45, 2.75) is 26.2 Å². The first-order chi connectivity index (χ1) is 12.3. The molecule has 1 amide bonds. The molecule has 0 atom stereocenters. The number of carbonyl (C=O) groups is 1. The Morgan fingerprint density at radius 3 is 2.65 bits per heavy atom. The van der Waals surface area contributed by atoms with Gasteiger partial charge in [0.15, 0.2) is 0 Å². The van der Waals surface area contributed by atoms with Gasteiger partial charge in [-0.2, -0.15) is 0 Å². The van der Waals surface area contributed by atoms with E-state index in [2.05, 4.69) is 0 Å². The number of amides is 1. The third kappa shape index (κ3) is 2.55. The number of benzene rings is 2. The van der Waals surface area contributed by atoms with Crippen LogP contribution in [0.15, 0.2) is 42.5 Å². The number of carbonyl (C=O) groups excluding carboxylic acids is 1. The standard InChI is InChI=1S/C20H16FNOS3/c1-11-5-4-6-12(9-11)17(23)22-15-8-7-13(21)10-14(15)20(2,3)16-18(22)25-26-19(16)24/h4-10H,1-3H3. The fourth-order valence-corrected chi connectivity index (χ4v) is 6.74. The Bertz CT molecular complexity index is 1100. The minimum absolute atomic E-state index is 0.123. The molecule has 26 heavy (non-hydrogen) atoms. The van der Waals surface area contributed by atoms with E-state index in [1.54, 1.807) is 11.0 Å². The second-order valence-electron chi connectivity index (χ2n) is 6.93. The van der Waals surface area contributed by atoms with E-state index in [9.17, 15) is 9.18 Å². The molecule has 4 rings (SSSR count). The molecule has 1 aliphatic heterocycles. The Morgan fingerprint density at radius 1 is 1.15 bits per heavy atom. The molecule has 0 aliphatic carbocycles. The zero-order valence-electron chi connectivity index (χ0n) is 14.5. The lowest BCUT2D eigenvalue weighted by Gasteiger charge is -2.38. The van der Waals surface area contributed by atoms with Crippen LogP contribution in [0.3, 0.4) is 0 Å². The van der Waals surface area contributed by atoms with Crippen LogP contribution in [0.25, 0.3) is 0 Å². The molecule has 0 saturated heterocycles. The molecule has 2 heterocycles. The SMILES string of the molecule is Cc1cccc(C(=O)N2c3ccc(F)cc3C(C)(C)c3c2ssc3=S)c1. The van der Waals surface area contributed by atoms with Crippen molar-refractivity contribution in [1.82, 2.24) is 0 Å². The van der Waals surface area contributed by atoms with Crippen molar-refractivity contribution in [3.05, 3.63) is 74.4 Å². The van der Waals surface area contributed by atoms with Crippen molar-refractivity contribution >= 4 is 49.5 Å². The maximum Gasteiger partial charge on any atom is 0.263 e. The number of rotatable bonds is 1. The van der Waals surface area contributed by atoms with E-state index in [0.29, 0.717) is 5.56 Å². The summed E-state index contributed by atoms with van der Waals surface area (Å²) in [7, 11) is 2.99. The van der Waals surface area contributed by atoms with E-state index in [1.165, 1.54) is 32.8 Å². The Kier molecular flexibility index (Phi) is 4.10. The molecule has 132 valence electrons. The summed E-state index contributed by atoms with van der Waals surface area (Å²) < 4.78 is 14.8. The van der Waals surface area contributed by atoms with Gasteiger partial charge < -0.3 is 0 Å². The summed E-state index contributed by atoms with van der Waals surface area (Å²) in [5, 5.41) is 0.843. The smallest absolute Gasteiger partial charge is 0.263 e. The van der Waals surface area contributed by atoms with Gasteiger partial charge in [0, 0.05) is 16.5 Å². The molecule has 0 spiro atoms. The molecule has 0 fully saturated rings. The minimum atomic E-state index is -0.455. The van der Waals surface area contributed by atoms with E-state index in [4.69, 9.17) is 12.2 Å². The molecule has 0 N–H and O–H groups in total. The van der Waals surface area contributed by atoms with Gasteiger partial charge in [0.05, 0.1) is 5.69 Å². The number of fused-ring (bicyclic) bond motifs is 2. The highest BCUT2D eigenvalue weighted by atomic mass is 32.9. The van der Waals surface area contributed by atoms with Crippen LogP contribution in [0, 0.1) is 16.6 Å². The van der Waals surface area contributed by atoms with E-state index in [-0.39, 0.29) is 11.7 Å². The monoisotopic (exact) mass is 401 g/mol. The summed E-state index contributed by atoms with van der Waals surface area (Å²) in [6, 6.07) is 12.1. The van der Waals surface area contributed by atoms with E-state index in [0.717, 1.165) is 31.2 Å². The molecule has 0 radical (unpaired) electrons. The predicted octanol–water partition coefficient (Wildman–Crippen LogP) is 6.60. The molecule has 3 aromatic rings. The Balaban J connectivity index is 1.99. The quantitative estimate of drug-likeness (QED) is 0.338. The zero-order valence-corrected chi connectivity index (χ0v) is 16.9. The van der Waals surface area contributed by atoms with Crippen molar-refractivity contribution in [2.24, 2.45) is 0 Å². The number of halogens is 1. The molecular formula is C20H16FNOS3. The van der Waals surface area contributed by atoms with Gasteiger partial charge >= 0.3 is 0 Å². The second-order valence-corrected chi connectivity index (χ2v) is 9.73. The summed E-state index contributed by atoms with van der Waals surface area (Å²) in [5.74, 6) is -0.435. The summed E-state index contributed by atoms with van der Waals surface area (Å²) in [5.41, 5.74) is 3.61. The van der Waals surface area contributed by atoms with Gasteiger partial charge in [-0.25, -0.2) is 4.39 Å². The lowest BCUT2D eigenvalue weighted by molar-refractivity contribution is 0.0998. The Labute approximate surface area is 163 Å². The highest BCUT2D eigenvalue weighted by Gasteiger charge is 2.41. The van der Waals surface area contributed by atoms with Crippen molar-refractivity contribution in [3.8, 4) is 0 Å². The van der Waals surface area contributed by atoms with E-state index in [1.807, 2.05) is 45.0 Å². The topological polar surface area (TPSA) is 20.3 Å². The number of aryl methyl sites for hydroxylation is 1. The van der Waals surface area contributed by atoms with Crippen LogP contribution in [0.1, 0.15) is 40.9 Å². The Hall–Kier alpha value is -1.89. The third-order valence-electron chi connectivity index (χ3n) is 4.78. The molecule has 2 aromatic carbocycles. The zero-order chi connectivity index (χ0) is 18.6. The first-order valence-corrected chi connectivity index (χ1v) is 10.7. The van der Waals surface area contributed by atoms with Gasteiger partial charge in [0.25, 0.3) is 5.91 Å². The van der Waals surface area contributed by atoms with Gasteiger partial charge in [0.2, 0.25) is 0 Å². The van der Waals surface area contributed by atoms with Crippen LogP contribution in [-0.2, 0) is 5.41 Å². The average Bonchev–Trinajstić information content (AvgIpc) is 2.98. The minimum Gasteiger partial charge on any atom is -0.268 e. The fraction of sp³-hybridized carbons (Fsp3) is 0.200. The fourth-order valence-electron chi connectivity index (χ4n) is 3.48. The third-order valence-corrected chi connectivity index (χ3v) is 7.76. The van der Waals surface area contributed by atoms with Crippen molar-refractivity contribution in [3.63, 3.8) is 0 Å². The largest absolute Gasteiger partial charge is 0.268 e. The number of anilines is 2. The molecule has 2 nitrogen and oxygen atoms in total. The van der Waals surface area contributed by atoms with E-state index >= 15 is 0 Å². The van der Waals surface area contributed by atoms with Gasteiger partial charge in [-0.15, -0.1) is 0 Å². The number of hydrogen-bond acceptors (Lipinski definition) is 4. The van der Waals surface area contributed by atoms with E-state index < -0.39 is 5.41 Å². The lowest BCUT2D eigenvalue weighted by Crippen LogP contribution is -2.35. The molecule has 0 saturated carbocycles. The van der Waals surface area contributed by atoms with Crippen LogP contribution in [0.5, 0.6) is 0 Å². The van der Waals surface area contributed by atoms with Crippen LogP contribution in [-0.4, -0.2) is 5.91 Å². The highest BCUT2D eigenvalue weighted by Crippen LogP contribution is 2.53. The maximum absolute atomic E-state index is 14.0. The predicted molar refractivity (Wildman–Crippen MR) is 109 cm³/mol. The molecule has 1 aliphatic rings. The molecule has 1 aromatic heterocycles. The number of nitrogens with zero attached hydrogens (tertiary/aromatic N) is 1. The highest BCUT2D eigenvalue weighted by molar-refractivity contribution is 7.80. The molecule has 0 bridgehead atoms. The first kappa shape index (κ1) is 17.5. The number of hydrogen-bond donors (Lipinski definition) is 0. The summed E-state index contributed by atoms with van der Waals surface area (Å²) >= 11 is 5.56. The second kappa shape index (κ2) is 6.08. The summed E-state index contributed by atoms with van der Waals surface area (Å²) in [4.78, 5) is 15.1. The van der Waals surface area contributed by atoms with Crippen molar-refractivity contribution < 1.29 is 9.18 Å². The summed E-state index contributed by atoms with van der Waals surface area (Å²) in [6.07, 6.45) is 0. The van der Waals surface area contributed by atoms with Gasteiger partial charge in [-0.1, -0.05) is 64.4 Å².